The monoisotopic (exact) mass is 861 g/mol. The highest BCUT2D eigenvalue weighted by Crippen LogP contribution is 2.38. The number of methoxy groups -OCH3 is 1. The fourth-order valence-corrected chi connectivity index (χ4v) is 7.63. The normalized spacial score (nSPS) is 17.1. The van der Waals surface area contributed by atoms with Crippen molar-refractivity contribution in [2.45, 2.75) is 90.3 Å². The number of nitrogens with one attached hydrogen (secondary N) is 4. The van der Waals surface area contributed by atoms with Crippen molar-refractivity contribution in [3.05, 3.63) is 63.3 Å². The minimum absolute atomic E-state index is 0.0878. The van der Waals surface area contributed by atoms with Gasteiger partial charge in [-0.05, 0) is 60.4 Å². The number of carbonyl (C=O) groups excluding carboxylic acids is 4. The lowest BCUT2D eigenvalue weighted by Crippen LogP contribution is -2.67. The molecule has 59 heavy (non-hydrogen) atoms. The van der Waals surface area contributed by atoms with E-state index in [4.69, 9.17) is 52.6 Å². The van der Waals surface area contributed by atoms with Crippen LogP contribution in [0.2, 0.25) is 10.0 Å². The van der Waals surface area contributed by atoms with Crippen LogP contribution in [0.15, 0.2) is 36.4 Å². The number of halogens is 2. The van der Waals surface area contributed by atoms with Gasteiger partial charge < -0.3 is 50.4 Å². The molecule has 3 aromatic rings. The summed E-state index contributed by atoms with van der Waals surface area (Å²) in [4.78, 5) is 58.4. The summed E-state index contributed by atoms with van der Waals surface area (Å²) in [5.41, 5.74) is 7.45. The van der Waals surface area contributed by atoms with Gasteiger partial charge in [-0.1, -0.05) is 81.9 Å². The van der Waals surface area contributed by atoms with E-state index in [2.05, 4.69) is 20.9 Å². The number of aryl methyl sites for hydroxylation is 2. The largest absolute Gasteiger partial charge is 0.491 e. The maximum absolute atomic E-state index is 14.5. The third-order valence-electron chi connectivity index (χ3n) is 11.0. The number of fused-ring (bicyclic) bond motifs is 3. The topological polar surface area (TPSA) is 192 Å². The first-order valence-corrected chi connectivity index (χ1v) is 21.2. The first kappa shape index (κ1) is 47.8. The number of rotatable bonds is 26. The summed E-state index contributed by atoms with van der Waals surface area (Å²) in [5.74, 6) is -1.93. The third-order valence-corrected chi connectivity index (χ3v) is 11.5. The molecule has 0 radical (unpaired) electrons. The van der Waals surface area contributed by atoms with E-state index in [0.717, 1.165) is 22.2 Å². The van der Waals surface area contributed by atoms with Gasteiger partial charge in [-0.25, -0.2) is 0 Å². The summed E-state index contributed by atoms with van der Waals surface area (Å²) in [7, 11) is 1.63. The molecule has 1 aromatic heterocycles. The average Bonchev–Trinajstić information content (AvgIpc) is 3.58. The van der Waals surface area contributed by atoms with Gasteiger partial charge in [0.05, 0.1) is 56.8 Å². The number of aromatic nitrogens is 1. The highest BCUT2D eigenvalue weighted by molar-refractivity contribution is 6.38. The van der Waals surface area contributed by atoms with Crippen LogP contribution in [-0.4, -0.2) is 106 Å². The molecule has 1 aliphatic rings. The lowest BCUT2D eigenvalue weighted by molar-refractivity contribution is -0.138. The number of amides is 4. The Balaban J connectivity index is 1.42. The van der Waals surface area contributed by atoms with Crippen LogP contribution < -0.4 is 26.4 Å². The zero-order chi connectivity index (χ0) is 43.0. The molecule has 4 amide bonds. The predicted molar refractivity (Wildman–Crippen MR) is 228 cm³/mol. The molecule has 4 rings (SSSR count). The molecule has 0 aliphatic heterocycles. The summed E-state index contributed by atoms with van der Waals surface area (Å²) >= 11 is 13.0. The van der Waals surface area contributed by atoms with Crippen LogP contribution in [-0.2, 0) is 57.4 Å². The van der Waals surface area contributed by atoms with Crippen molar-refractivity contribution in [2.75, 3.05) is 60.0 Å². The SMILES string of the molecule is CCC(C)[C@H](NC(=O)CCc1ccccc1OCCOCCOCCOCCOC)C(=O)N[C@]1(C(=O)NC(C(N)=O)[C@@H](C)CC)CCc2[nH]c3c(Cl)cc(Cl)cc3c2C1. The van der Waals surface area contributed by atoms with Gasteiger partial charge in [0.1, 0.15) is 30.0 Å². The maximum atomic E-state index is 14.5. The van der Waals surface area contributed by atoms with Gasteiger partial charge in [-0.15, -0.1) is 0 Å². The third kappa shape index (κ3) is 13.5. The lowest BCUT2D eigenvalue weighted by atomic mass is 9.78. The van der Waals surface area contributed by atoms with Crippen molar-refractivity contribution in [2.24, 2.45) is 17.6 Å². The van der Waals surface area contributed by atoms with Gasteiger partial charge in [-0.3, -0.25) is 19.2 Å². The first-order valence-electron chi connectivity index (χ1n) is 20.5. The van der Waals surface area contributed by atoms with E-state index in [9.17, 15) is 19.2 Å². The number of para-hydroxylation sites is 1. The van der Waals surface area contributed by atoms with E-state index in [-0.39, 0.29) is 37.0 Å². The minimum atomic E-state index is -1.49. The Morgan fingerprint density at radius 1 is 0.864 bits per heavy atom. The fraction of sp³-hybridized carbons (Fsp3) is 0.581. The average molecular weight is 863 g/mol. The van der Waals surface area contributed by atoms with Crippen molar-refractivity contribution in [3.63, 3.8) is 0 Å². The van der Waals surface area contributed by atoms with Crippen LogP contribution in [0.4, 0.5) is 0 Å². The highest BCUT2D eigenvalue weighted by atomic mass is 35.5. The zero-order valence-corrected chi connectivity index (χ0v) is 36.4. The number of hydrogen-bond acceptors (Lipinski definition) is 9. The summed E-state index contributed by atoms with van der Waals surface area (Å²) < 4.78 is 27.4. The van der Waals surface area contributed by atoms with Crippen molar-refractivity contribution in [3.8, 4) is 5.75 Å². The second-order valence-electron chi connectivity index (χ2n) is 15.1. The molecule has 5 atom stereocenters. The molecule has 0 saturated heterocycles. The van der Waals surface area contributed by atoms with Crippen molar-refractivity contribution >= 4 is 57.7 Å². The van der Waals surface area contributed by atoms with Gasteiger partial charge in [0.25, 0.3) is 0 Å². The van der Waals surface area contributed by atoms with E-state index in [1.807, 2.05) is 52.0 Å². The van der Waals surface area contributed by atoms with Crippen molar-refractivity contribution in [1.29, 1.82) is 0 Å². The molecule has 2 unspecified atom stereocenters. The molecule has 0 bridgehead atoms. The van der Waals surface area contributed by atoms with E-state index in [0.29, 0.717) is 99.8 Å². The van der Waals surface area contributed by atoms with Gasteiger partial charge in [0.15, 0.2) is 0 Å². The van der Waals surface area contributed by atoms with E-state index < -0.39 is 35.3 Å². The van der Waals surface area contributed by atoms with E-state index in [1.165, 1.54) is 0 Å². The highest BCUT2D eigenvalue weighted by Gasteiger charge is 2.46. The maximum Gasteiger partial charge on any atom is 0.246 e. The van der Waals surface area contributed by atoms with Crippen LogP contribution >= 0.6 is 23.2 Å². The van der Waals surface area contributed by atoms with Crippen LogP contribution in [0.5, 0.6) is 5.75 Å². The van der Waals surface area contributed by atoms with Crippen LogP contribution in [0.3, 0.4) is 0 Å². The zero-order valence-electron chi connectivity index (χ0n) is 34.9. The molecule has 6 N–H and O–H groups in total. The number of primary amides is 1. The van der Waals surface area contributed by atoms with Gasteiger partial charge in [-0.2, -0.15) is 0 Å². The molecule has 2 aromatic carbocycles. The number of hydrogen-bond donors (Lipinski definition) is 5. The Kier molecular flexibility index (Phi) is 19.2. The molecule has 14 nitrogen and oxygen atoms in total. The number of carbonyl (C=O) groups is 4. The number of benzene rings is 2. The Morgan fingerprint density at radius 2 is 1.49 bits per heavy atom. The minimum Gasteiger partial charge on any atom is -0.491 e. The molecule has 0 spiro atoms. The predicted octanol–water partition coefficient (Wildman–Crippen LogP) is 5.07. The van der Waals surface area contributed by atoms with E-state index >= 15 is 0 Å². The molecule has 1 heterocycles. The Morgan fingerprint density at radius 3 is 2.14 bits per heavy atom. The first-order chi connectivity index (χ1) is 28.3. The standard InChI is InChI=1S/C43H61Cl2N5O9/c1-6-27(3)37(40(46)52)49-42(54)43(15-14-34-32(26-43)31-24-30(44)25-33(45)39(31)47-34)50-41(53)38(28(4)7-2)48-36(51)13-12-29-10-8-9-11-35(29)59-23-22-58-21-20-57-19-18-56-17-16-55-5/h8-11,24-25,27-28,37-38,47H,6-7,12-23,26H2,1-5H3,(H2,46,52)(H,48,51)(H,49,54)(H,50,53)/t27-,28?,37?,38-,43+/m0/s1. The summed E-state index contributed by atoms with van der Waals surface area (Å²) in [6.45, 7) is 11.1. The number of nitrogens with two attached hydrogens (primary N) is 1. The van der Waals surface area contributed by atoms with Crippen LogP contribution in [0.25, 0.3) is 10.9 Å². The molecule has 326 valence electrons. The van der Waals surface area contributed by atoms with Crippen LogP contribution in [0, 0.1) is 11.8 Å². The molecule has 16 heteroatoms. The van der Waals surface area contributed by atoms with E-state index in [1.54, 1.807) is 19.2 Å². The van der Waals surface area contributed by atoms with Crippen LogP contribution in [0.1, 0.15) is 70.2 Å². The van der Waals surface area contributed by atoms with Gasteiger partial charge in [0.2, 0.25) is 23.6 Å². The summed E-state index contributed by atoms with van der Waals surface area (Å²) in [6, 6.07) is 8.98. The fourth-order valence-electron chi connectivity index (χ4n) is 7.09. The Bertz CT molecular complexity index is 1860. The number of aromatic amines is 1. The van der Waals surface area contributed by atoms with Gasteiger partial charge in [0, 0.05) is 36.1 Å². The number of ether oxygens (including phenoxy) is 5. The Labute approximate surface area is 357 Å². The number of H-pyrrole nitrogens is 1. The summed E-state index contributed by atoms with van der Waals surface area (Å²) in [5, 5.41) is 10.5. The second kappa shape index (κ2) is 23.8. The second-order valence-corrected chi connectivity index (χ2v) is 15.9. The molecule has 1 aliphatic carbocycles. The Hall–Kier alpha value is -3.92. The molecule has 0 saturated carbocycles. The van der Waals surface area contributed by atoms with Crippen molar-refractivity contribution < 1.29 is 42.9 Å². The van der Waals surface area contributed by atoms with Gasteiger partial charge >= 0.3 is 0 Å². The molecule has 0 fully saturated rings. The molecular formula is C43H61Cl2N5O9. The quantitative estimate of drug-likeness (QED) is 0.0686. The molecular weight excluding hydrogens is 801 g/mol. The summed E-state index contributed by atoms with van der Waals surface area (Å²) in [6.07, 6.45) is 2.31. The van der Waals surface area contributed by atoms with Crippen molar-refractivity contribution in [1.82, 2.24) is 20.9 Å². The lowest BCUT2D eigenvalue weighted by Gasteiger charge is -2.39. The smallest absolute Gasteiger partial charge is 0.246 e.